The van der Waals surface area contributed by atoms with Crippen LogP contribution in [0.1, 0.15) is 19.3 Å². The lowest BCUT2D eigenvalue weighted by Gasteiger charge is -2.31. The summed E-state index contributed by atoms with van der Waals surface area (Å²) in [6.45, 7) is 2.62. The van der Waals surface area contributed by atoms with Crippen molar-refractivity contribution >= 4 is 28.0 Å². The molecule has 3 aliphatic rings. The minimum absolute atomic E-state index is 0.163. The molecule has 2 aliphatic carbocycles. The van der Waals surface area contributed by atoms with Crippen molar-refractivity contribution in [3.63, 3.8) is 0 Å². The van der Waals surface area contributed by atoms with Crippen LogP contribution in [0.25, 0.3) is 0 Å². The summed E-state index contributed by atoms with van der Waals surface area (Å²) in [7, 11) is -2.79. The van der Waals surface area contributed by atoms with Gasteiger partial charge in [0.25, 0.3) is 10.1 Å². The number of ether oxygens (including phenoxy) is 3. The van der Waals surface area contributed by atoms with Gasteiger partial charge in [-0.2, -0.15) is 8.42 Å². The van der Waals surface area contributed by atoms with Crippen molar-refractivity contribution in [2.24, 2.45) is 11.8 Å². The van der Waals surface area contributed by atoms with Gasteiger partial charge in [-0.25, -0.2) is 9.59 Å². The summed E-state index contributed by atoms with van der Waals surface area (Å²) in [6.07, 6.45) is -0.295. The van der Waals surface area contributed by atoms with Crippen LogP contribution in [0.3, 0.4) is 0 Å². The third kappa shape index (κ3) is 2.73. The Bertz CT molecular complexity index is 727. The first kappa shape index (κ1) is 17.9. The molecule has 1 aliphatic heterocycles. The van der Waals surface area contributed by atoms with E-state index >= 15 is 0 Å². The lowest BCUT2D eigenvalue weighted by atomic mass is 9.82. The fraction of sp³-hybridized carbons (Fsp3) is 0.667. The maximum absolute atomic E-state index is 12.5. The molecule has 2 saturated carbocycles. The number of carbonyl (C=O) groups excluding carboxylic acids is 3. The Balaban J connectivity index is 1.72. The fourth-order valence-electron chi connectivity index (χ4n) is 4.20. The minimum Gasteiger partial charge on any atom is -0.469 e. The number of hydrogen-bond donors (Lipinski definition) is 0. The molecule has 0 aromatic rings. The van der Waals surface area contributed by atoms with Gasteiger partial charge in [-0.05, 0) is 12.8 Å². The van der Waals surface area contributed by atoms with E-state index in [0.29, 0.717) is 6.42 Å². The molecule has 25 heavy (non-hydrogen) atoms. The highest BCUT2D eigenvalue weighted by molar-refractivity contribution is 7.88. The monoisotopic (exact) mass is 374 g/mol. The molecule has 0 N–H and O–H groups in total. The molecule has 3 rings (SSSR count). The van der Waals surface area contributed by atoms with Gasteiger partial charge in [-0.3, -0.25) is 8.98 Å². The lowest BCUT2D eigenvalue weighted by Crippen LogP contribution is -2.46. The van der Waals surface area contributed by atoms with Crippen LogP contribution in [0.2, 0.25) is 0 Å². The second-order valence-corrected chi connectivity index (χ2v) is 8.32. The Labute approximate surface area is 144 Å². The van der Waals surface area contributed by atoms with Gasteiger partial charge in [0, 0.05) is 17.9 Å². The second kappa shape index (κ2) is 6.10. The molecule has 0 spiro atoms. The van der Waals surface area contributed by atoms with Gasteiger partial charge in [0.15, 0.2) is 6.61 Å². The fourth-order valence-corrected chi connectivity index (χ4v) is 6.24. The molecular weight excluding hydrogens is 356 g/mol. The molecule has 3 fully saturated rings. The number of rotatable bonds is 6. The van der Waals surface area contributed by atoms with Gasteiger partial charge in [-0.1, -0.05) is 6.58 Å². The topological polar surface area (TPSA) is 122 Å². The van der Waals surface area contributed by atoms with Crippen LogP contribution >= 0.6 is 0 Å². The van der Waals surface area contributed by atoms with E-state index in [1.807, 2.05) is 0 Å². The molecule has 2 bridgehead atoms. The summed E-state index contributed by atoms with van der Waals surface area (Å²) in [5.41, 5.74) is 0. The van der Waals surface area contributed by atoms with E-state index in [9.17, 15) is 22.8 Å². The normalized spacial score (nSPS) is 36.7. The predicted octanol–water partition coefficient (Wildman–Crippen LogP) is -0.302. The van der Waals surface area contributed by atoms with Gasteiger partial charge in [0.2, 0.25) is 0 Å². The average Bonchev–Trinajstić information content (AvgIpc) is 3.13. The molecule has 0 aromatic heterocycles. The average molecular weight is 374 g/mol. The first-order chi connectivity index (χ1) is 11.7. The van der Waals surface area contributed by atoms with Gasteiger partial charge in [-0.15, -0.1) is 0 Å². The number of methoxy groups -OCH3 is 1. The molecule has 9 nitrogen and oxygen atoms in total. The SMILES string of the molecule is C=CC(=O)OCC(=O)OC1C2CC3C1OS(=O)(=O)C3(CC(=O)OC)C2. The molecule has 0 amide bonds. The molecule has 0 radical (unpaired) electrons. The zero-order valence-corrected chi connectivity index (χ0v) is 14.3. The van der Waals surface area contributed by atoms with Crippen molar-refractivity contribution in [1.29, 1.82) is 0 Å². The van der Waals surface area contributed by atoms with Crippen LogP contribution in [0, 0.1) is 11.8 Å². The van der Waals surface area contributed by atoms with Gasteiger partial charge >= 0.3 is 17.9 Å². The van der Waals surface area contributed by atoms with Crippen molar-refractivity contribution in [3.05, 3.63) is 12.7 Å². The Morgan fingerprint density at radius 1 is 1.32 bits per heavy atom. The quantitative estimate of drug-likeness (QED) is 0.267. The first-order valence-electron chi connectivity index (χ1n) is 7.72. The molecule has 0 aromatic carbocycles. The number of carbonyl (C=O) groups is 3. The smallest absolute Gasteiger partial charge is 0.344 e. The van der Waals surface area contributed by atoms with Crippen LogP contribution in [-0.4, -0.2) is 57.0 Å². The summed E-state index contributed by atoms with van der Waals surface area (Å²) >= 11 is 0. The Kier molecular flexibility index (Phi) is 4.36. The molecule has 10 heteroatoms. The van der Waals surface area contributed by atoms with E-state index in [2.05, 4.69) is 16.1 Å². The minimum atomic E-state index is -3.99. The molecule has 5 atom stereocenters. The highest BCUT2D eigenvalue weighted by Crippen LogP contribution is 2.63. The second-order valence-electron chi connectivity index (χ2n) is 6.41. The zero-order valence-electron chi connectivity index (χ0n) is 13.5. The Hall–Kier alpha value is -1.94. The van der Waals surface area contributed by atoms with E-state index < -0.39 is 57.5 Å². The Morgan fingerprint density at radius 3 is 2.68 bits per heavy atom. The van der Waals surface area contributed by atoms with Gasteiger partial charge in [0.05, 0.1) is 13.5 Å². The molecule has 138 valence electrons. The van der Waals surface area contributed by atoms with E-state index in [0.717, 1.165) is 6.08 Å². The van der Waals surface area contributed by atoms with Crippen LogP contribution in [0.5, 0.6) is 0 Å². The van der Waals surface area contributed by atoms with Crippen molar-refractivity contribution in [2.75, 3.05) is 13.7 Å². The third-order valence-electron chi connectivity index (χ3n) is 5.20. The predicted molar refractivity (Wildman–Crippen MR) is 80.4 cm³/mol. The maximum atomic E-state index is 12.5. The summed E-state index contributed by atoms with van der Waals surface area (Å²) in [5.74, 6) is -2.85. The highest BCUT2D eigenvalue weighted by Gasteiger charge is 2.74. The molecule has 1 saturated heterocycles. The summed E-state index contributed by atoms with van der Waals surface area (Å²) in [5, 5.41) is 0. The number of hydrogen-bond acceptors (Lipinski definition) is 9. The van der Waals surface area contributed by atoms with Crippen molar-refractivity contribution in [2.45, 2.75) is 36.2 Å². The van der Waals surface area contributed by atoms with Crippen molar-refractivity contribution in [3.8, 4) is 0 Å². The van der Waals surface area contributed by atoms with E-state index in [-0.39, 0.29) is 18.8 Å². The van der Waals surface area contributed by atoms with Crippen LogP contribution in [0.4, 0.5) is 0 Å². The maximum Gasteiger partial charge on any atom is 0.344 e. The molecular formula is C15H18O9S. The van der Waals surface area contributed by atoms with Crippen LogP contribution in [-0.2, 0) is 42.9 Å². The Morgan fingerprint density at radius 2 is 2.04 bits per heavy atom. The summed E-state index contributed by atoms with van der Waals surface area (Å²) in [6, 6.07) is 0. The van der Waals surface area contributed by atoms with E-state index in [1.165, 1.54) is 7.11 Å². The van der Waals surface area contributed by atoms with Crippen LogP contribution in [0.15, 0.2) is 12.7 Å². The summed E-state index contributed by atoms with van der Waals surface area (Å²) in [4.78, 5) is 34.5. The first-order valence-corrected chi connectivity index (χ1v) is 9.13. The van der Waals surface area contributed by atoms with Crippen molar-refractivity contribution in [1.82, 2.24) is 0 Å². The summed E-state index contributed by atoms with van der Waals surface area (Å²) < 4.78 is 43.4. The standard InChI is InChI=1S/C15H18O9S/c1-3-10(16)22-7-12(18)23-13-8-4-9-14(13)24-25(19,20)15(9,5-8)6-11(17)21-2/h3,8-9,13-14H,1,4-7H2,2H3. The highest BCUT2D eigenvalue weighted by atomic mass is 32.2. The molecule has 1 heterocycles. The van der Waals surface area contributed by atoms with Gasteiger partial charge < -0.3 is 14.2 Å². The lowest BCUT2D eigenvalue weighted by molar-refractivity contribution is -0.165. The van der Waals surface area contributed by atoms with Gasteiger partial charge in [0.1, 0.15) is 17.0 Å². The van der Waals surface area contributed by atoms with E-state index in [1.54, 1.807) is 0 Å². The number of fused-ring (bicyclic) bond motifs is 1. The van der Waals surface area contributed by atoms with Crippen LogP contribution < -0.4 is 0 Å². The van der Waals surface area contributed by atoms with Crippen molar-refractivity contribution < 1.29 is 41.2 Å². The largest absolute Gasteiger partial charge is 0.469 e. The number of esters is 3. The molecule has 5 unspecified atom stereocenters. The zero-order chi connectivity index (χ0) is 18.4. The van der Waals surface area contributed by atoms with E-state index in [4.69, 9.17) is 8.92 Å². The third-order valence-corrected chi connectivity index (χ3v) is 7.28.